The average molecular weight is 232 g/mol. The highest BCUT2D eigenvalue weighted by Crippen LogP contribution is 2.24. The van der Waals surface area contributed by atoms with E-state index in [4.69, 9.17) is 10.00 Å². The summed E-state index contributed by atoms with van der Waals surface area (Å²) in [6.45, 7) is 6.77. The number of hydrogen-bond donors (Lipinski definition) is 0. The Morgan fingerprint density at radius 2 is 1.88 bits per heavy atom. The molecule has 0 spiro atoms. The van der Waals surface area contributed by atoms with Crippen molar-refractivity contribution in [1.82, 2.24) is 4.90 Å². The van der Waals surface area contributed by atoms with Crippen molar-refractivity contribution in [2.45, 2.75) is 33.4 Å². The van der Waals surface area contributed by atoms with Crippen LogP contribution in [0.15, 0.2) is 12.1 Å². The first kappa shape index (κ1) is 13.5. The molecule has 1 atom stereocenters. The fourth-order valence-corrected chi connectivity index (χ4v) is 1.98. The number of methoxy groups -OCH3 is 1. The second-order valence-corrected chi connectivity index (χ2v) is 4.48. The molecule has 3 heteroatoms. The average Bonchev–Trinajstić information content (AvgIpc) is 2.27. The maximum absolute atomic E-state index is 8.86. The Morgan fingerprint density at radius 3 is 2.29 bits per heavy atom. The van der Waals surface area contributed by atoms with Gasteiger partial charge in [-0.15, -0.1) is 0 Å². The van der Waals surface area contributed by atoms with E-state index in [2.05, 4.69) is 18.2 Å². The van der Waals surface area contributed by atoms with E-state index in [1.807, 2.05) is 32.7 Å². The number of nitriles is 1. The van der Waals surface area contributed by atoms with Gasteiger partial charge in [0.2, 0.25) is 0 Å². The lowest BCUT2D eigenvalue weighted by Gasteiger charge is -2.20. The molecule has 0 amide bonds. The molecule has 92 valence electrons. The van der Waals surface area contributed by atoms with Gasteiger partial charge >= 0.3 is 0 Å². The van der Waals surface area contributed by atoms with E-state index in [9.17, 15) is 0 Å². The first-order valence-corrected chi connectivity index (χ1v) is 5.73. The molecule has 0 radical (unpaired) electrons. The lowest BCUT2D eigenvalue weighted by molar-refractivity contribution is 0.294. The molecule has 0 aliphatic rings. The van der Waals surface area contributed by atoms with Crippen LogP contribution < -0.4 is 4.74 Å². The Kier molecular flexibility index (Phi) is 4.53. The number of rotatable bonds is 4. The Morgan fingerprint density at radius 1 is 1.35 bits per heavy atom. The Bertz CT molecular complexity index is 411. The van der Waals surface area contributed by atoms with Crippen LogP contribution in [0.4, 0.5) is 0 Å². The molecule has 1 aromatic carbocycles. The van der Waals surface area contributed by atoms with E-state index < -0.39 is 0 Å². The minimum Gasteiger partial charge on any atom is -0.496 e. The SMILES string of the molecule is COc1c(C)cc(CN(C)C(C)C#N)cc1C. The largest absolute Gasteiger partial charge is 0.496 e. The van der Waals surface area contributed by atoms with Crippen LogP contribution in [-0.2, 0) is 6.54 Å². The van der Waals surface area contributed by atoms with Crippen molar-refractivity contribution in [2.24, 2.45) is 0 Å². The fraction of sp³-hybridized carbons (Fsp3) is 0.500. The lowest BCUT2D eigenvalue weighted by Crippen LogP contribution is -2.27. The van der Waals surface area contributed by atoms with E-state index >= 15 is 0 Å². The second kappa shape index (κ2) is 5.70. The van der Waals surface area contributed by atoms with E-state index in [0.29, 0.717) is 0 Å². The molecular formula is C14H20N2O. The van der Waals surface area contributed by atoms with Gasteiger partial charge < -0.3 is 4.74 Å². The normalized spacial score (nSPS) is 12.3. The summed E-state index contributed by atoms with van der Waals surface area (Å²) in [4.78, 5) is 2.03. The van der Waals surface area contributed by atoms with Crippen LogP contribution in [0.25, 0.3) is 0 Å². The zero-order valence-corrected chi connectivity index (χ0v) is 11.2. The van der Waals surface area contributed by atoms with Crippen LogP contribution in [-0.4, -0.2) is 25.1 Å². The highest BCUT2D eigenvalue weighted by molar-refractivity contribution is 5.43. The predicted octanol–water partition coefficient (Wildman–Crippen LogP) is 2.66. The molecule has 1 rings (SSSR count). The maximum atomic E-state index is 8.86. The van der Waals surface area contributed by atoms with Crippen LogP contribution in [0.3, 0.4) is 0 Å². The van der Waals surface area contributed by atoms with Crippen molar-refractivity contribution in [1.29, 1.82) is 5.26 Å². The summed E-state index contributed by atoms with van der Waals surface area (Å²) < 4.78 is 5.34. The summed E-state index contributed by atoms with van der Waals surface area (Å²) in [5, 5.41) is 8.86. The minimum atomic E-state index is -0.0716. The van der Waals surface area contributed by atoms with Crippen molar-refractivity contribution in [3.8, 4) is 11.8 Å². The highest BCUT2D eigenvalue weighted by Gasteiger charge is 2.10. The van der Waals surface area contributed by atoms with Gasteiger partial charge in [0.25, 0.3) is 0 Å². The van der Waals surface area contributed by atoms with Crippen molar-refractivity contribution in [3.63, 3.8) is 0 Å². The first-order valence-electron chi connectivity index (χ1n) is 5.73. The Hall–Kier alpha value is -1.53. The van der Waals surface area contributed by atoms with E-state index in [-0.39, 0.29) is 6.04 Å². The highest BCUT2D eigenvalue weighted by atomic mass is 16.5. The first-order chi connectivity index (χ1) is 7.99. The summed E-state index contributed by atoms with van der Waals surface area (Å²) in [7, 11) is 3.65. The molecule has 0 saturated heterocycles. The van der Waals surface area contributed by atoms with Crippen LogP contribution in [0.2, 0.25) is 0 Å². The van der Waals surface area contributed by atoms with Crippen molar-refractivity contribution >= 4 is 0 Å². The third-order valence-corrected chi connectivity index (χ3v) is 3.00. The molecule has 0 N–H and O–H groups in total. The third kappa shape index (κ3) is 3.21. The molecular weight excluding hydrogens is 212 g/mol. The van der Waals surface area contributed by atoms with Gasteiger partial charge in [-0.2, -0.15) is 5.26 Å². The van der Waals surface area contributed by atoms with Gasteiger partial charge in [0.15, 0.2) is 0 Å². The zero-order chi connectivity index (χ0) is 13.0. The van der Waals surface area contributed by atoms with Gasteiger partial charge in [-0.1, -0.05) is 12.1 Å². The number of aryl methyl sites for hydroxylation is 2. The molecule has 0 fully saturated rings. The van der Waals surface area contributed by atoms with Crippen molar-refractivity contribution in [2.75, 3.05) is 14.2 Å². The minimum absolute atomic E-state index is 0.0716. The molecule has 3 nitrogen and oxygen atoms in total. The number of nitrogens with zero attached hydrogens (tertiary/aromatic N) is 2. The van der Waals surface area contributed by atoms with Crippen molar-refractivity contribution in [3.05, 3.63) is 28.8 Å². The van der Waals surface area contributed by atoms with E-state index in [1.165, 1.54) is 5.56 Å². The van der Waals surface area contributed by atoms with Gasteiger partial charge in [0.1, 0.15) is 5.75 Å². The van der Waals surface area contributed by atoms with Crippen LogP contribution >= 0.6 is 0 Å². The molecule has 0 aromatic heterocycles. The van der Waals surface area contributed by atoms with Gasteiger partial charge in [-0.25, -0.2) is 0 Å². The van der Waals surface area contributed by atoms with Gasteiger partial charge in [0.05, 0.1) is 19.2 Å². The predicted molar refractivity (Wildman–Crippen MR) is 69.0 cm³/mol. The smallest absolute Gasteiger partial charge is 0.124 e. The number of benzene rings is 1. The molecule has 0 heterocycles. The van der Waals surface area contributed by atoms with E-state index in [1.54, 1.807) is 7.11 Å². The number of hydrogen-bond acceptors (Lipinski definition) is 3. The summed E-state index contributed by atoms with van der Waals surface area (Å²) in [6.07, 6.45) is 0. The fourth-order valence-electron chi connectivity index (χ4n) is 1.98. The van der Waals surface area contributed by atoms with Gasteiger partial charge in [0, 0.05) is 6.54 Å². The van der Waals surface area contributed by atoms with Gasteiger partial charge in [-0.3, -0.25) is 4.90 Å². The molecule has 0 bridgehead atoms. The molecule has 1 aromatic rings. The van der Waals surface area contributed by atoms with Crippen LogP contribution in [0, 0.1) is 25.2 Å². The maximum Gasteiger partial charge on any atom is 0.124 e. The summed E-state index contributed by atoms with van der Waals surface area (Å²) in [5.41, 5.74) is 3.49. The summed E-state index contributed by atoms with van der Waals surface area (Å²) in [6, 6.07) is 6.40. The topological polar surface area (TPSA) is 36.3 Å². The molecule has 17 heavy (non-hydrogen) atoms. The van der Waals surface area contributed by atoms with Crippen LogP contribution in [0.5, 0.6) is 5.75 Å². The molecule has 0 saturated carbocycles. The lowest BCUT2D eigenvalue weighted by atomic mass is 10.0. The van der Waals surface area contributed by atoms with Gasteiger partial charge in [-0.05, 0) is 44.5 Å². The Balaban J connectivity index is 2.91. The summed E-state index contributed by atoms with van der Waals surface area (Å²) >= 11 is 0. The standard InChI is InChI=1S/C14H20N2O/c1-10-6-13(7-11(2)14(10)17-5)9-16(4)12(3)8-15/h6-7,12H,9H2,1-5H3. The monoisotopic (exact) mass is 232 g/mol. The quantitative estimate of drug-likeness (QED) is 0.800. The zero-order valence-electron chi connectivity index (χ0n) is 11.2. The molecule has 0 aliphatic heterocycles. The number of ether oxygens (including phenoxy) is 1. The Labute approximate surface area is 104 Å². The molecule has 1 unspecified atom stereocenters. The summed E-state index contributed by atoms with van der Waals surface area (Å²) in [5.74, 6) is 0.949. The third-order valence-electron chi connectivity index (χ3n) is 3.00. The second-order valence-electron chi connectivity index (χ2n) is 4.48. The van der Waals surface area contributed by atoms with Crippen LogP contribution in [0.1, 0.15) is 23.6 Å². The van der Waals surface area contributed by atoms with E-state index in [0.717, 1.165) is 23.4 Å². The molecule has 0 aliphatic carbocycles. The van der Waals surface area contributed by atoms with Crippen molar-refractivity contribution < 1.29 is 4.74 Å².